The maximum atomic E-state index is 12.2. The van der Waals surface area contributed by atoms with E-state index in [1.807, 2.05) is 6.07 Å². The Labute approximate surface area is 157 Å². The molecular weight excluding hydrogens is 350 g/mol. The molecule has 8 nitrogen and oxygen atoms in total. The van der Waals surface area contributed by atoms with Crippen molar-refractivity contribution in [2.45, 2.75) is 19.1 Å². The first-order valence-corrected chi connectivity index (χ1v) is 8.80. The number of methoxy groups -OCH3 is 1. The number of aromatic nitrogens is 2. The van der Waals surface area contributed by atoms with E-state index in [1.165, 1.54) is 6.20 Å². The fraction of sp³-hybridized carbons (Fsp3) is 0.421. The van der Waals surface area contributed by atoms with Crippen LogP contribution in [0.1, 0.15) is 22.3 Å². The Bertz CT molecular complexity index is 715. The van der Waals surface area contributed by atoms with Crippen LogP contribution in [0.3, 0.4) is 0 Å². The smallest absolute Gasteiger partial charge is 0.253 e. The second kappa shape index (κ2) is 9.84. The van der Waals surface area contributed by atoms with Crippen LogP contribution in [0, 0.1) is 0 Å². The molecule has 3 rings (SSSR count). The number of carbonyl (C=O) groups is 1. The molecule has 3 heterocycles. The highest BCUT2D eigenvalue weighted by atomic mass is 16.5. The first-order valence-electron chi connectivity index (χ1n) is 8.80. The van der Waals surface area contributed by atoms with Crippen LogP contribution in [0.2, 0.25) is 0 Å². The number of pyridine rings is 2. The minimum Gasteiger partial charge on any atom is -0.475 e. The SMILES string of the molecule is COCCOc1ccc(CNC(=O)c2ccc(OC3CCOC3)nc2)cn1. The van der Waals surface area contributed by atoms with Gasteiger partial charge in [0.15, 0.2) is 0 Å². The molecule has 2 aromatic heterocycles. The van der Waals surface area contributed by atoms with Crippen LogP contribution >= 0.6 is 0 Å². The van der Waals surface area contributed by atoms with E-state index in [0.717, 1.165) is 12.0 Å². The highest BCUT2D eigenvalue weighted by Crippen LogP contribution is 2.15. The Morgan fingerprint density at radius 2 is 2.04 bits per heavy atom. The molecule has 1 aliphatic heterocycles. The van der Waals surface area contributed by atoms with Gasteiger partial charge < -0.3 is 24.3 Å². The maximum absolute atomic E-state index is 12.2. The molecule has 144 valence electrons. The number of nitrogens with one attached hydrogen (secondary N) is 1. The number of hydrogen-bond acceptors (Lipinski definition) is 7. The van der Waals surface area contributed by atoms with Gasteiger partial charge in [0, 0.05) is 44.6 Å². The summed E-state index contributed by atoms with van der Waals surface area (Å²) in [4.78, 5) is 20.6. The summed E-state index contributed by atoms with van der Waals surface area (Å²) in [5, 5.41) is 2.84. The maximum Gasteiger partial charge on any atom is 0.253 e. The zero-order valence-electron chi connectivity index (χ0n) is 15.2. The van der Waals surface area contributed by atoms with Gasteiger partial charge in [0.05, 0.1) is 25.4 Å². The van der Waals surface area contributed by atoms with Crippen molar-refractivity contribution in [2.75, 3.05) is 33.5 Å². The Balaban J connectivity index is 1.45. The molecular formula is C19H23N3O5. The molecule has 1 aliphatic rings. The van der Waals surface area contributed by atoms with Gasteiger partial charge in [-0.1, -0.05) is 6.07 Å². The third-order valence-electron chi connectivity index (χ3n) is 3.96. The molecule has 1 fully saturated rings. The van der Waals surface area contributed by atoms with Gasteiger partial charge in [-0.25, -0.2) is 9.97 Å². The monoisotopic (exact) mass is 373 g/mol. The van der Waals surface area contributed by atoms with E-state index >= 15 is 0 Å². The Morgan fingerprint density at radius 3 is 2.70 bits per heavy atom. The third-order valence-corrected chi connectivity index (χ3v) is 3.96. The van der Waals surface area contributed by atoms with Gasteiger partial charge in [0.2, 0.25) is 11.8 Å². The summed E-state index contributed by atoms with van der Waals surface area (Å²) in [5.41, 5.74) is 1.34. The average Bonchev–Trinajstić information content (AvgIpc) is 3.21. The van der Waals surface area contributed by atoms with Gasteiger partial charge >= 0.3 is 0 Å². The molecule has 1 N–H and O–H groups in total. The molecule has 1 unspecified atom stereocenters. The fourth-order valence-electron chi connectivity index (χ4n) is 2.48. The lowest BCUT2D eigenvalue weighted by molar-refractivity contribution is 0.0950. The summed E-state index contributed by atoms with van der Waals surface area (Å²) < 4.78 is 21.3. The molecule has 0 radical (unpaired) electrons. The van der Waals surface area contributed by atoms with Gasteiger partial charge in [-0.05, 0) is 11.6 Å². The topological polar surface area (TPSA) is 91.8 Å². The number of nitrogens with zero attached hydrogens (tertiary/aromatic N) is 2. The van der Waals surface area contributed by atoms with Crippen LogP contribution in [-0.4, -0.2) is 55.5 Å². The van der Waals surface area contributed by atoms with Crippen LogP contribution in [-0.2, 0) is 16.0 Å². The molecule has 1 saturated heterocycles. The number of amides is 1. The molecule has 0 saturated carbocycles. The Morgan fingerprint density at radius 1 is 1.19 bits per heavy atom. The van der Waals surface area contributed by atoms with Crippen molar-refractivity contribution in [1.82, 2.24) is 15.3 Å². The van der Waals surface area contributed by atoms with Crippen molar-refractivity contribution >= 4 is 5.91 Å². The minimum absolute atomic E-state index is 0.0335. The second-order valence-electron chi connectivity index (χ2n) is 6.02. The summed E-state index contributed by atoms with van der Waals surface area (Å²) in [7, 11) is 1.61. The number of carbonyl (C=O) groups excluding carboxylic acids is 1. The van der Waals surface area contributed by atoms with Crippen molar-refractivity contribution in [2.24, 2.45) is 0 Å². The lowest BCUT2D eigenvalue weighted by Crippen LogP contribution is -2.23. The summed E-state index contributed by atoms with van der Waals surface area (Å²) in [5.74, 6) is 0.809. The summed E-state index contributed by atoms with van der Waals surface area (Å²) in [6.07, 6.45) is 4.06. The summed E-state index contributed by atoms with van der Waals surface area (Å²) in [6, 6.07) is 7.01. The molecule has 0 aromatic carbocycles. The van der Waals surface area contributed by atoms with Crippen molar-refractivity contribution in [3.05, 3.63) is 47.8 Å². The van der Waals surface area contributed by atoms with Crippen molar-refractivity contribution in [3.63, 3.8) is 0 Å². The molecule has 1 atom stereocenters. The quantitative estimate of drug-likeness (QED) is 0.668. The zero-order chi connectivity index (χ0) is 18.9. The van der Waals surface area contributed by atoms with Gasteiger partial charge in [0.25, 0.3) is 5.91 Å². The van der Waals surface area contributed by atoms with Crippen LogP contribution in [0.15, 0.2) is 36.7 Å². The van der Waals surface area contributed by atoms with Crippen molar-refractivity contribution < 1.29 is 23.7 Å². The van der Waals surface area contributed by atoms with Gasteiger partial charge in [-0.15, -0.1) is 0 Å². The van der Waals surface area contributed by atoms with Crippen LogP contribution in [0.4, 0.5) is 0 Å². The first-order chi connectivity index (χ1) is 13.2. The standard InChI is InChI=1S/C19H23N3O5/c1-24-8-9-26-17-4-2-14(10-20-17)11-22-19(23)15-3-5-18(21-12-15)27-16-6-7-25-13-16/h2-5,10,12,16H,6-9,11,13H2,1H3,(H,22,23). The van der Waals surface area contributed by atoms with E-state index in [4.69, 9.17) is 18.9 Å². The summed E-state index contributed by atoms with van der Waals surface area (Å²) in [6.45, 7) is 2.60. The number of hydrogen-bond donors (Lipinski definition) is 1. The van der Waals surface area contributed by atoms with E-state index in [-0.39, 0.29) is 12.0 Å². The van der Waals surface area contributed by atoms with E-state index in [0.29, 0.717) is 50.3 Å². The molecule has 0 bridgehead atoms. The minimum atomic E-state index is -0.210. The lowest BCUT2D eigenvalue weighted by atomic mass is 10.2. The van der Waals surface area contributed by atoms with Gasteiger partial charge in [0.1, 0.15) is 12.7 Å². The molecule has 27 heavy (non-hydrogen) atoms. The Kier molecular flexibility index (Phi) is 6.95. The third kappa shape index (κ3) is 5.90. The zero-order valence-corrected chi connectivity index (χ0v) is 15.2. The van der Waals surface area contributed by atoms with Crippen molar-refractivity contribution in [1.29, 1.82) is 0 Å². The van der Waals surface area contributed by atoms with E-state index < -0.39 is 0 Å². The highest BCUT2D eigenvalue weighted by Gasteiger charge is 2.17. The van der Waals surface area contributed by atoms with E-state index in [1.54, 1.807) is 31.5 Å². The average molecular weight is 373 g/mol. The largest absolute Gasteiger partial charge is 0.475 e. The molecule has 8 heteroatoms. The number of rotatable bonds is 9. The molecule has 1 amide bonds. The predicted octanol–water partition coefficient (Wildman–Crippen LogP) is 1.60. The predicted molar refractivity (Wildman–Crippen MR) is 96.9 cm³/mol. The Hall–Kier alpha value is -2.71. The first kappa shape index (κ1) is 19.1. The van der Waals surface area contributed by atoms with Crippen LogP contribution in [0.5, 0.6) is 11.8 Å². The summed E-state index contributed by atoms with van der Waals surface area (Å²) >= 11 is 0. The lowest BCUT2D eigenvalue weighted by Gasteiger charge is -2.11. The van der Waals surface area contributed by atoms with E-state index in [2.05, 4.69) is 15.3 Å². The molecule has 0 aliphatic carbocycles. The molecule has 0 spiro atoms. The van der Waals surface area contributed by atoms with E-state index in [9.17, 15) is 4.79 Å². The van der Waals surface area contributed by atoms with Gasteiger partial charge in [-0.3, -0.25) is 4.79 Å². The van der Waals surface area contributed by atoms with Crippen LogP contribution < -0.4 is 14.8 Å². The van der Waals surface area contributed by atoms with Gasteiger partial charge in [-0.2, -0.15) is 0 Å². The van der Waals surface area contributed by atoms with Crippen molar-refractivity contribution in [3.8, 4) is 11.8 Å². The van der Waals surface area contributed by atoms with Crippen LogP contribution in [0.25, 0.3) is 0 Å². The highest BCUT2D eigenvalue weighted by molar-refractivity contribution is 5.93. The normalized spacial score (nSPS) is 16.1. The number of ether oxygens (including phenoxy) is 4. The molecule has 2 aromatic rings. The fourth-order valence-corrected chi connectivity index (χ4v) is 2.48. The second-order valence-corrected chi connectivity index (χ2v) is 6.02.